The fraction of sp³-hybridized carbons (Fsp3) is 0. The summed E-state index contributed by atoms with van der Waals surface area (Å²) in [5.74, 6) is -1.44. The molecule has 0 aliphatic rings. The zero-order chi connectivity index (χ0) is 16.1. The Labute approximate surface area is 123 Å². The number of carbonyl (C=O) groups excluding carboxylic acids is 1. The van der Waals surface area contributed by atoms with E-state index >= 15 is 0 Å². The molecule has 2 rings (SSSR count). The Kier molecular flexibility index (Phi) is 4.42. The van der Waals surface area contributed by atoms with Crippen LogP contribution in [0.15, 0.2) is 47.6 Å². The summed E-state index contributed by atoms with van der Waals surface area (Å²) in [5, 5.41) is 23.8. The Morgan fingerprint density at radius 2 is 2.09 bits per heavy atom. The number of aromatic hydroxyl groups is 1. The number of amides is 1. The number of phenolic OH excluding ortho intramolecular Hbond substituents is 1. The van der Waals surface area contributed by atoms with Crippen molar-refractivity contribution in [1.29, 1.82) is 0 Å². The molecule has 0 heterocycles. The largest absolute Gasteiger partial charge is 0.507 e. The first-order valence-electron chi connectivity index (χ1n) is 6.04. The van der Waals surface area contributed by atoms with Crippen LogP contribution in [0.25, 0.3) is 0 Å². The zero-order valence-electron chi connectivity index (χ0n) is 11.1. The molecule has 22 heavy (non-hydrogen) atoms. The van der Waals surface area contributed by atoms with Crippen LogP contribution < -0.4 is 5.43 Å². The van der Waals surface area contributed by atoms with Crippen molar-refractivity contribution >= 4 is 17.8 Å². The van der Waals surface area contributed by atoms with E-state index in [2.05, 4.69) is 10.5 Å². The van der Waals surface area contributed by atoms with Gasteiger partial charge >= 0.3 is 0 Å². The Morgan fingerprint density at radius 3 is 2.77 bits per heavy atom. The molecule has 0 radical (unpaired) electrons. The Bertz CT molecular complexity index is 762. The monoisotopic (exact) mass is 303 g/mol. The highest BCUT2D eigenvalue weighted by Crippen LogP contribution is 2.21. The quantitative estimate of drug-likeness (QED) is 0.513. The molecule has 8 heteroatoms. The first kappa shape index (κ1) is 15.1. The number of phenols is 1. The number of hydrogen-bond acceptors (Lipinski definition) is 5. The highest BCUT2D eigenvalue weighted by Gasteiger charge is 2.09. The maximum absolute atomic E-state index is 13.0. The standard InChI is InChI=1S/C14H10FN3O4/c15-11-3-1-2-9(6-11)14(20)17-16-8-10-7-12(18(21)22)4-5-13(10)19/h1-8,19H,(H,17,20). The van der Waals surface area contributed by atoms with E-state index in [4.69, 9.17) is 0 Å². The van der Waals surface area contributed by atoms with Crippen LogP contribution in [0.5, 0.6) is 5.75 Å². The van der Waals surface area contributed by atoms with Crippen LogP contribution in [0, 0.1) is 15.9 Å². The number of nitrogens with one attached hydrogen (secondary N) is 1. The van der Waals surface area contributed by atoms with Crippen LogP contribution in [0.2, 0.25) is 0 Å². The number of carbonyl (C=O) groups is 1. The number of halogens is 1. The van der Waals surface area contributed by atoms with E-state index in [1.165, 1.54) is 18.2 Å². The first-order valence-corrected chi connectivity index (χ1v) is 6.04. The number of nitro groups is 1. The summed E-state index contributed by atoms with van der Waals surface area (Å²) in [7, 11) is 0. The first-order chi connectivity index (χ1) is 10.5. The Balaban J connectivity index is 2.11. The van der Waals surface area contributed by atoms with Crippen molar-refractivity contribution in [2.45, 2.75) is 0 Å². The molecular weight excluding hydrogens is 293 g/mol. The summed E-state index contributed by atoms with van der Waals surface area (Å²) in [6.07, 6.45) is 1.06. The van der Waals surface area contributed by atoms with Crippen molar-refractivity contribution in [3.63, 3.8) is 0 Å². The van der Waals surface area contributed by atoms with E-state index < -0.39 is 16.6 Å². The van der Waals surface area contributed by atoms with Gasteiger partial charge in [-0.1, -0.05) is 6.07 Å². The number of nitro benzene ring substituents is 1. The van der Waals surface area contributed by atoms with Crippen LogP contribution in [0.3, 0.4) is 0 Å². The molecule has 0 atom stereocenters. The second kappa shape index (κ2) is 6.44. The van der Waals surface area contributed by atoms with Gasteiger partial charge in [-0.2, -0.15) is 5.10 Å². The van der Waals surface area contributed by atoms with Crippen LogP contribution in [-0.4, -0.2) is 22.2 Å². The lowest BCUT2D eigenvalue weighted by Gasteiger charge is -2.01. The number of nitrogens with zero attached hydrogens (tertiary/aromatic N) is 2. The second-order valence-corrected chi connectivity index (χ2v) is 4.21. The van der Waals surface area contributed by atoms with Gasteiger partial charge in [-0.25, -0.2) is 9.82 Å². The van der Waals surface area contributed by atoms with Crippen LogP contribution >= 0.6 is 0 Å². The van der Waals surface area contributed by atoms with Crippen molar-refractivity contribution in [1.82, 2.24) is 5.43 Å². The molecule has 0 aromatic heterocycles. The van der Waals surface area contributed by atoms with E-state index in [1.807, 2.05) is 0 Å². The van der Waals surface area contributed by atoms with Crippen molar-refractivity contribution < 1.29 is 19.2 Å². The van der Waals surface area contributed by atoms with E-state index in [9.17, 15) is 24.4 Å². The fourth-order valence-electron chi connectivity index (χ4n) is 1.61. The van der Waals surface area contributed by atoms with Crippen molar-refractivity contribution in [3.8, 4) is 5.75 Å². The second-order valence-electron chi connectivity index (χ2n) is 4.21. The predicted molar refractivity (Wildman–Crippen MR) is 76.2 cm³/mol. The molecule has 2 aromatic rings. The highest BCUT2D eigenvalue weighted by atomic mass is 19.1. The van der Waals surface area contributed by atoms with Crippen molar-refractivity contribution in [2.75, 3.05) is 0 Å². The topological polar surface area (TPSA) is 105 Å². The maximum atomic E-state index is 13.0. The molecule has 0 aliphatic carbocycles. The molecule has 1 amide bonds. The van der Waals surface area contributed by atoms with Gasteiger partial charge in [0.15, 0.2) is 0 Å². The minimum atomic E-state index is -0.652. The molecule has 0 spiro atoms. The SMILES string of the molecule is O=C(NN=Cc1cc([N+](=O)[O-])ccc1O)c1cccc(F)c1. The van der Waals surface area contributed by atoms with Gasteiger partial charge in [0.05, 0.1) is 11.1 Å². The van der Waals surface area contributed by atoms with Gasteiger partial charge in [0.1, 0.15) is 11.6 Å². The molecule has 2 N–H and O–H groups in total. The van der Waals surface area contributed by atoms with Crippen LogP contribution in [0.4, 0.5) is 10.1 Å². The summed E-state index contributed by atoms with van der Waals surface area (Å²) in [5.41, 5.74) is 2.04. The summed E-state index contributed by atoms with van der Waals surface area (Å²) >= 11 is 0. The van der Waals surface area contributed by atoms with Crippen molar-refractivity contribution in [3.05, 3.63) is 69.5 Å². The summed E-state index contributed by atoms with van der Waals surface area (Å²) in [6.45, 7) is 0. The zero-order valence-corrected chi connectivity index (χ0v) is 11.1. The van der Waals surface area contributed by atoms with Gasteiger partial charge in [-0.3, -0.25) is 14.9 Å². The summed E-state index contributed by atoms with van der Waals surface area (Å²) < 4.78 is 13.0. The molecule has 0 aliphatic heterocycles. The lowest BCUT2D eigenvalue weighted by Crippen LogP contribution is -2.17. The number of benzene rings is 2. The Hall–Kier alpha value is -3.29. The number of hydrogen-bond donors (Lipinski definition) is 2. The van der Waals surface area contributed by atoms with E-state index in [-0.39, 0.29) is 22.6 Å². The minimum absolute atomic E-state index is 0.0637. The van der Waals surface area contributed by atoms with Gasteiger partial charge in [-0.05, 0) is 24.3 Å². The van der Waals surface area contributed by atoms with Gasteiger partial charge < -0.3 is 5.11 Å². The third kappa shape index (κ3) is 3.63. The molecule has 0 unspecified atom stereocenters. The lowest BCUT2D eigenvalue weighted by molar-refractivity contribution is -0.384. The molecule has 7 nitrogen and oxygen atoms in total. The molecule has 0 saturated carbocycles. The normalized spacial score (nSPS) is 10.6. The van der Waals surface area contributed by atoms with E-state index in [0.29, 0.717) is 0 Å². The fourth-order valence-corrected chi connectivity index (χ4v) is 1.61. The summed E-state index contributed by atoms with van der Waals surface area (Å²) in [4.78, 5) is 21.7. The van der Waals surface area contributed by atoms with Crippen LogP contribution in [-0.2, 0) is 0 Å². The van der Waals surface area contributed by atoms with Crippen molar-refractivity contribution in [2.24, 2.45) is 5.10 Å². The predicted octanol–water partition coefficient (Wildman–Crippen LogP) is 2.20. The van der Waals surface area contributed by atoms with Gasteiger partial charge in [0, 0.05) is 23.3 Å². The average molecular weight is 303 g/mol. The van der Waals surface area contributed by atoms with E-state index in [0.717, 1.165) is 30.5 Å². The molecule has 2 aromatic carbocycles. The Morgan fingerprint density at radius 1 is 1.32 bits per heavy atom. The molecule has 0 fully saturated rings. The molecule has 0 saturated heterocycles. The smallest absolute Gasteiger partial charge is 0.271 e. The maximum Gasteiger partial charge on any atom is 0.271 e. The van der Waals surface area contributed by atoms with E-state index in [1.54, 1.807) is 0 Å². The van der Waals surface area contributed by atoms with Gasteiger partial charge in [0.2, 0.25) is 0 Å². The third-order valence-electron chi connectivity index (χ3n) is 2.68. The number of hydrazone groups is 1. The van der Waals surface area contributed by atoms with Crippen LogP contribution in [0.1, 0.15) is 15.9 Å². The molecule has 0 bridgehead atoms. The number of non-ortho nitro benzene ring substituents is 1. The lowest BCUT2D eigenvalue weighted by atomic mass is 10.2. The molecular formula is C14H10FN3O4. The van der Waals surface area contributed by atoms with Gasteiger partial charge in [0.25, 0.3) is 11.6 Å². The summed E-state index contributed by atoms with van der Waals surface area (Å²) in [6, 6.07) is 8.40. The number of rotatable bonds is 4. The minimum Gasteiger partial charge on any atom is -0.507 e. The third-order valence-corrected chi connectivity index (χ3v) is 2.68. The average Bonchev–Trinajstić information content (AvgIpc) is 2.48. The van der Waals surface area contributed by atoms with Gasteiger partial charge in [-0.15, -0.1) is 0 Å². The highest BCUT2D eigenvalue weighted by molar-refractivity contribution is 5.95. The molecule has 112 valence electrons.